The maximum atomic E-state index is 5.71. The average Bonchev–Trinajstić information content (AvgIpc) is 3.04. The molecule has 18 heavy (non-hydrogen) atoms. The quantitative estimate of drug-likeness (QED) is 0.454. The summed E-state index contributed by atoms with van der Waals surface area (Å²) in [5, 5.41) is 4.68. The van der Waals surface area contributed by atoms with E-state index in [4.69, 9.17) is 17.4 Å². The fourth-order valence-electron chi connectivity index (χ4n) is 2.68. The van der Waals surface area contributed by atoms with Gasteiger partial charge in [0.2, 0.25) is 0 Å². The summed E-state index contributed by atoms with van der Waals surface area (Å²) in [6.45, 7) is 0. The Hall–Kier alpha value is -0.580. The largest absolute Gasteiger partial charge is 0.271 e. The summed E-state index contributed by atoms with van der Waals surface area (Å²) in [7, 11) is 0. The second-order valence-electron chi connectivity index (χ2n) is 5.12. The molecule has 4 nitrogen and oxygen atoms in total. The number of halogens is 1. The number of hydrazine groups is 1. The van der Waals surface area contributed by atoms with Crippen molar-refractivity contribution in [2.45, 2.75) is 57.0 Å². The molecule has 0 amide bonds. The van der Waals surface area contributed by atoms with Crippen molar-refractivity contribution in [2.24, 2.45) is 5.84 Å². The number of alkyl halides is 1. The lowest BCUT2D eigenvalue weighted by Crippen LogP contribution is -2.37. The highest BCUT2D eigenvalue weighted by Gasteiger charge is 2.18. The molecule has 5 heteroatoms. The molecule has 1 aliphatic carbocycles. The number of nitrogens with one attached hydrogen (secondary N) is 1. The van der Waals surface area contributed by atoms with Crippen LogP contribution >= 0.6 is 11.6 Å². The topological polar surface area (TPSA) is 55.9 Å². The molecule has 102 valence electrons. The molecule has 1 aromatic rings. The first-order valence-electron chi connectivity index (χ1n) is 6.89. The first kappa shape index (κ1) is 13.8. The van der Waals surface area contributed by atoms with E-state index in [0.29, 0.717) is 11.9 Å². The van der Waals surface area contributed by atoms with Crippen LogP contribution in [-0.4, -0.2) is 21.7 Å². The van der Waals surface area contributed by atoms with Crippen molar-refractivity contribution < 1.29 is 0 Å². The van der Waals surface area contributed by atoms with Crippen LogP contribution in [0.2, 0.25) is 0 Å². The highest BCUT2D eigenvalue weighted by Crippen LogP contribution is 2.28. The molecule has 2 rings (SSSR count). The van der Waals surface area contributed by atoms with E-state index in [0.717, 1.165) is 25.0 Å². The Balaban J connectivity index is 1.88. The molecule has 1 saturated carbocycles. The zero-order valence-electron chi connectivity index (χ0n) is 10.8. The molecule has 0 aliphatic heterocycles. The summed E-state index contributed by atoms with van der Waals surface area (Å²) < 4.78 is 2.14. The normalized spacial score (nSPS) is 18.3. The van der Waals surface area contributed by atoms with Crippen molar-refractivity contribution >= 4 is 11.6 Å². The van der Waals surface area contributed by atoms with Gasteiger partial charge < -0.3 is 0 Å². The summed E-state index contributed by atoms with van der Waals surface area (Å²) in [4.78, 5) is 0. The Kier molecular flexibility index (Phi) is 5.47. The molecular weight excluding hydrogens is 248 g/mol. The lowest BCUT2D eigenvalue weighted by Gasteiger charge is -2.14. The van der Waals surface area contributed by atoms with Gasteiger partial charge >= 0.3 is 0 Å². The van der Waals surface area contributed by atoms with Crippen LogP contribution in [-0.2, 0) is 6.42 Å². The first-order valence-corrected chi connectivity index (χ1v) is 7.43. The van der Waals surface area contributed by atoms with Crippen LogP contribution in [0.1, 0.15) is 50.3 Å². The number of aromatic nitrogens is 2. The summed E-state index contributed by atoms with van der Waals surface area (Å²) in [5.41, 5.74) is 3.98. The van der Waals surface area contributed by atoms with Gasteiger partial charge in [-0.2, -0.15) is 5.10 Å². The van der Waals surface area contributed by atoms with Crippen LogP contribution < -0.4 is 11.3 Å². The lowest BCUT2D eigenvalue weighted by molar-refractivity contribution is 0.449. The van der Waals surface area contributed by atoms with Gasteiger partial charge in [-0.3, -0.25) is 16.0 Å². The Labute approximate surface area is 114 Å². The number of nitrogens with zero attached hydrogens (tertiary/aromatic N) is 2. The number of nitrogens with two attached hydrogens (primary N) is 1. The lowest BCUT2D eigenvalue weighted by atomic mass is 10.1. The van der Waals surface area contributed by atoms with Crippen molar-refractivity contribution in [3.63, 3.8) is 0 Å². The fraction of sp³-hybridized carbons (Fsp3) is 0.769. The van der Waals surface area contributed by atoms with Crippen molar-refractivity contribution in [3.8, 4) is 0 Å². The molecule has 1 heterocycles. The minimum absolute atomic E-state index is 0.274. The van der Waals surface area contributed by atoms with Gasteiger partial charge in [0, 0.05) is 24.5 Å². The predicted octanol–water partition coefficient (Wildman–Crippen LogP) is 2.39. The molecule has 0 saturated heterocycles. The minimum atomic E-state index is 0.274. The van der Waals surface area contributed by atoms with Crippen LogP contribution in [0.5, 0.6) is 0 Å². The molecule has 3 N–H and O–H groups in total. The standard InChI is InChI=1S/C13H23ClN4/c14-8-3-4-11(16-15)10-12-7-9-18(17-12)13-5-1-2-6-13/h7,9,11,13,16H,1-6,8,10,15H2. The Morgan fingerprint density at radius 1 is 1.50 bits per heavy atom. The highest BCUT2D eigenvalue weighted by atomic mass is 35.5. The molecule has 0 spiro atoms. The van der Waals surface area contributed by atoms with Crippen molar-refractivity contribution in [1.29, 1.82) is 0 Å². The van der Waals surface area contributed by atoms with Gasteiger partial charge in [0.25, 0.3) is 0 Å². The summed E-state index contributed by atoms with van der Waals surface area (Å²) in [6.07, 6.45) is 10.2. The van der Waals surface area contributed by atoms with Crippen molar-refractivity contribution in [1.82, 2.24) is 15.2 Å². The van der Waals surface area contributed by atoms with Crippen LogP contribution in [0.4, 0.5) is 0 Å². The molecule has 1 unspecified atom stereocenters. The van der Waals surface area contributed by atoms with Crippen LogP contribution in [0.25, 0.3) is 0 Å². The molecule has 1 fully saturated rings. The predicted molar refractivity (Wildman–Crippen MR) is 74.5 cm³/mol. The van der Waals surface area contributed by atoms with E-state index in [1.54, 1.807) is 0 Å². The second-order valence-corrected chi connectivity index (χ2v) is 5.50. The van der Waals surface area contributed by atoms with E-state index >= 15 is 0 Å². The Bertz CT molecular complexity index is 347. The third-order valence-corrected chi connectivity index (χ3v) is 4.01. The van der Waals surface area contributed by atoms with Gasteiger partial charge in [-0.1, -0.05) is 12.8 Å². The number of hydrogen-bond donors (Lipinski definition) is 2. The van der Waals surface area contributed by atoms with E-state index in [9.17, 15) is 0 Å². The summed E-state index contributed by atoms with van der Waals surface area (Å²) >= 11 is 5.71. The maximum absolute atomic E-state index is 5.71. The van der Waals surface area contributed by atoms with Gasteiger partial charge in [-0.05, 0) is 31.7 Å². The van der Waals surface area contributed by atoms with Gasteiger partial charge in [-0.25, -0.2) is 0 Å². The maximum Gasteiger partial charge on any atom is 0.0640 e. The first-order chi connectivity index (χ1) is 8.83. The molecule has 1 atom stereocenters. The van der Waals surface area contributed by atoms with Gasteiger partial charge in [0.1, 0.15) is 0 Å². The van der Waals surface area contributed by atoms with Gasteiger partial charge in [-0.15, -0.1) is 11.6 Å². The van der Waals surface area contributed by atoms with Crippen molar-refractivity contribution in [2.75, 3.05) is 5.88 Å². The Morgan fingerprint density at radius 3 is 2.94 bits per heavy atom. The molecule has 1 aliphatic rings. The van der Waals surface area contributed by atoms with E-state index in [2.05, 4.69) is 27.5 Å². The third-order valence-electron chi connectivity index (χ3n) is 3.74. The van der Waals surface area contributed by atoms with E-state index < -0.39 is 0 Å². The van der Waals surface area contributed by atoms with E-state index in [1.807, 2.05) is 0 Å². The number of rotatable bonds is 7. The monoisotopic (exact) mass is 270 g/mol. The molecule has 0 aromatic carbocycles. The summed E-state index contributed by atoms with van der Waals surface area (Å²) in [5.74, 6) is 6.25. The SMILES string of the molecule is NNC(CCCCl)Cc1ccn(C2CCCC2)n1. The zero-order chi connectivity index (χ0) is 12.8. The zero-order valence-corrected chi connectivity index (χ0v) is 11.6. The molecule has 1 aromatic heterocycles. The van der Waals surface area contributed by atoms with E-state index in [1.165, 1.54) is 25.7 Å². The van der Waals surface area contributed by atoms with Crippen LogP contribution in [0.3, 0.4) is 0 Å². The minimum Gasteiger partial charge on any atom is -0.271 e. The van der Waals surface area contributed by atoms with Gasteiger partial charge in [0.05, 0.1) is 11.7 Å². The second kappa shape index (κ2) is 7.12. The van der Waals surface area contributed by atoms with Crippen LogP contribution in [0.15, 0.2) is 12.3 Å². The smallest absolute Gasteiger partial charge is 0.0640 e. The molecule has 0 radical (unpaired) electrons. The highest BCUT2D eigenvalue weighted by molar-refractivity contribution is 6.17. The van der Waals surface area contributed by atoms with Crippen molar-refractivity contribution in [3.05, 3.63) is 18.0 Å². The molecule has 0 bridgehead atoms. The van der Waals surface area contributed by atoms with E-state index in [-0.39, 0.29) is 6.04 Å². The average molecular weight is 271 g/mol. The molecular formula is C13H23ClN4. The summed E-state index contributed by atoms with van der Waals surface area (Å²) in [6, 6.07) is 3.00. The van der Waals surface area contributed by atoms with Crippen LogP contribution in [0, 0.1) is 0 Å². The number of hydrogen-bond acceptors (Lipinski definition) is 3. The fourth-order valence-corrected chi connectivity index (χ4v) is 2.83. The third kappa shape index (κ3) is 3.70. The Morgan fingerprint density at radius 2 is 2.28 bits per heavy atom. The van der Waals surface area contributed by atoms with Gasteiger partial charge in [0.15, 0.2) is 0 Å².